The molecule has 126 valence electrons. The average molecular weight is 371 g/mol. The third-order valence-electron chi connectivity index (χ3n) is 3.48. The third-order valence-corrected chi connectivity index (χ3v) is 5.81. The smallest absolute Gasteiger partial charge is 0.244 e. The van der Waals surface area contributed by atoms with E-state index in [0.29, 0.717) is 24.6 Å². The molecule has 0 aliphatic carbocycles. The minimum Gasteiger partial charge on any atom is -0.493 e. The zero-order valence-electron chi connectivity index (χ0n) is 12.4. The van der Waals surface area contributed by atoms with Gasteiger partial charge in [0.05, 0.1) is 19.2 Å². The molecule has 0 saturated carbocycles. The summed E-state index contributed by atoms with van der Waals surface area (Å²) in [5.74, 6) is 0.707. The van der Waals surface area contributed by atoms with Gasteiger partial charge >= 0.3 is 0 Å². The Morgan fingerprint density at radius 2 is 1.86 bits per heavy atom. The van der Waals surface area contributed by atoms with Gasteiger partial charge in [0.1, 0.15) is 4.90 Å². The van der Waals surface area contributed by atoms with E-state index in [1.807, 2.05) is 0 Å². The van der Waals surface area contributed by atoms with Gasteiger partial charge in [0.2, 0.25) is 10.0 Å². The number of hydrogen-bond acceptors (Lipinski definition) is 5. The molecule has 9 heteroatoms. The summed E-state index contributed by atoms with van der Waals surface area (Å²) in [4.78, 5) is 0.0101. The van der Waals surface area contributed by atoms with Crippen molar-refractivity contribution in [2.24, 2.45) is 5.73 Å². The molecule has 2 N–H and O–H groups in total. The van der Waals surface area contributed by atoms with Gasteiger partial charge in [-0.2, -0.15) is 4.31 Å². The highest BCUT2D eigenvalue weighted by atomic mass is 35.5. The van der Waals surface area contributed by atoms with Crippen LogP contribution in [0, 0.1) is 0 Å². The molecule has 0 radical (unpaired) electrons. The number of rotatable bonds is 4. The molecule has 1 unspecified atom stereocenters. The van der Waals surface area contributed by atoms with Crippen LogP contribution in [0.15, 0.2) is 17.0 Å². The number of sulfonamides is 1. The normalized spacial score (nSPS) is 19.4. The van der Waals surface area contributed by atoms with Crippen LogP contribution in [-0.2, 0) is 10.0 Å². The number of piperidine rings is 1. The third kappa shape index (κ3) is 3.78. The van der Waals surface area contributed by atoms with E-state index in [4.69, 9.17) is 26.8 Å². The van der Waals surface area contributed by atoms with Gasteiger partial charge in [0.25, 0.3) is 0 Å². The van der Waals surface area contributed by atoms with Gasteiger partial charge in [-0.25, -0.2) is 8.42 Å². The van der Waals surface area contributed by atoms with Crippen LogP contribution in [0.2, 0.25) is 5.02 Å². The van der Waals surface area contributed by atoms with E-state index in [1.165, 1.54) is 30.7 Å². The highest BCUT2D eigenvalue weighted by Crippen LogP contribution is 2.36. The molecule has 1 atom stereocenters. The first-order chi connectivity index (χ1) is 9.90. The van der Waals surface area contributed by atoms with E-state index in [2.05, 4.69) is 0 Å². The Morgan fingerprint density at radius 1 is 1.27 bits per heavy atom. The molecule has 1 aliphatic heterocycles. The van der Waals surface area contributed by atoms with Crippen LogP contribution in [0.1, 0.15) is 12.8 Å². The first-order valence-corrected chi connectivity index (χ1v) is 8.39. The molecule has 1 aromatic carbocycles. The fourth-order valence-corrected chi connectivity index (χ4v) is 4.41. The molecule has 1 aliphatic rings. The first kappa shape index (κ1) is 19.3. The van der Waals surface area contributed by atoms with Crippen molar-refractivity contribution in [3.63, 3.8) is 0 Å². The summed E-state index contributed by atoms with van der Waals surface area (Å²) in [5.41, 5.74) is 5.86. The van der Waals surface area contributed by atoms with Crippen LogP contribution in [-0.4, -0.2) is 46.1 Å². The Kier molecular flexibility index (Phi) is 6.76. The number of ether oxygens (including phenoxy) is 2. The molecule has 1 fully saturated rings. The lowest BCUT2D eigenvalue weighted by molar-refractivity contribution is 0.315. The summed E-state index contributed by atoms with van der Waals surface area (Å²) in [5, 5.41) is 0.104. The molecule has 0 bridgehead atoms. The number of benzene rings is 1. The highest BCUT2D eigenvalue weighted by molar-refractivity contribution is 7.89. The molecule has 1 heterocycles. The fraction of sp³-hybridized carbons (Fsp3) is 0.538. The maximum Gasteiger partial charge on any atom is 0.244 e. The number of halogens is 2. The summed E-state index contributed by atoms with van der Waals surface area (Å²) < 4.78 is 37.0. The van der Waals surface area contributed by atoms with Gasteiger partial charge in [-0.05, 0) is 12.8 Å². The lowest BCUT2D eigenvalue weighted by Gasteiger charge is -2.30. The van der Waals surface area contributed by atoms with Crippen molar-refractivity contribution in [3.8, 4) is 11.5 Å². The molecule has 1 aromatic rings. The maximum absolute atomic E-state index is 12.7. The standard InChI is InChI=1S/C13H19ClN2O4S.ClH/c1-19-11-6-10(14)13(7-12(11)20-2)21(17,18)16-5-3-4-9(15)8-16;/h6-7,9H,3-5,8,15H2,1-2H3;1H. The monoisotopic (exact) mass is 370 g/mol. The van der Waals surface area contributed by atoms with Crippen molar-refractivity contribution in [2.45, 2.75) is 23.8 Å². The van der Waals surface area contributed by atoms with E-state index in [1.54, 1.807) is 0 Å². The Balaban J connectivity index is 0.00000242. The van der Waals surface area contributed by atoms with Crippen molar-refractivity contribution in [1.82, 2.24) is 4.31 Å². The zero-order valence-corrected chi connectivity index (χ0v) is 14.8. The van der Waals surface area contributed by atoms with Crippen LogP contribution in [0.4, 0.5) is 0 Å². The van der Waals surface area contributed by atoms with Crippen molar-refractivity contribution in [2.75, 3.05) is 27.3 Å². The lowest BCUT2D eigenvalue weighted by atomic mass is 10.1. The quantitative estimate of drug-likeness (QED) is 0.874. The van der Waals surface area contributed by atoms with E-state index in [9.17, 15) is 8.42 Å². The Bertz CT molecular complexity index is 625. The summed E-state index contributed by atoms with van der Waals surface area (Å²) in [7, 11) is -0.790. The molecule has 2 rings (SSSR count). The molecule has 6 nitrogen and oxygen atoms in total. The molecular weight excluding hydrogens is 351 g/mol. The number of hydrogen-bond donors (Lipinski definition) is 1. The Morgan fingerprint density at radius 3 is 2.41 bits per heavy atom. The SMILES string of the molecule is COc1cc(Cl)c(S(=O)(=O)N2CCCC(N)C2)cc1OC.Cl. The fourth-order valence-electron chi connectivity index (χ4n) is 2.36. The minimum atomic E-state index is -3.70. The number of nitrogens with zero attached hydrogens (tertiary/aromatic N) is 1. The van der Waals surface area contributed by atoms with Gasteiger partial charge < -0.3 is 15.2 Å². The van der Waals surface area contributed by atoms with Gasteiger partial charge in [0, 0.05) is 31.3 Å². The highest BCUT2D eigenvalue weighted by Gasteiger charge is 2.31. The predicted octanol–water partition coefficient (Wildman–Crippen LogP) is 1.89. The summed E-state index contributed by atoms with van der Waals surface area (Å²) >= 11 is 6.10. The van der Waals surface area contributed by atoms with E-state index in [0.717, 1.165) is 12.8 Å². The predicted molar refractivity (Wildman–Crippen MR) is 87.8 cm³/mol. The molecule has 0 amide bonds. The van der Waals surface area contributed by atoms with Crippen LogP contribution in [0.3, 0.4) is 0 Å². The molecule has 0 aromatic heterocycles. The average Bonchev–Trinajstić information content (AvgIpc) is 2.46. The van der Waals surface area contributed by atoms with Gasteiger partial charge in [-0.15, -0.1) is 12.4 Å². The topological polar surface area (TPSA) is 81.9 Å². The van der Waals surface area contributed by atoms with E-state index < -0.39 is 10.0 Å². The van der Waals surface area contributed by atoms with Gasteiger partial charge in [0.15, 0.2) is 11.5 Å². The molecule has 1 saturated heterocycles. The van der Waals surface area contributed by atoms with E-state index in [-0.39, 0.29) is 28.4 Å². The van der Waals surface area contributed by atoms with Crippen molar-refractivity contribution in [3.05, 3.63) is 17.2 Å². The van der Waals surface area contributed by atoms with Crippen LogP contribution in [0.5, 0.6) is 11.5 Å². The second-order valence-corrected chi connectivity index (χ2v) is 7.22. The van der Waals surface area contributed by atoms with Crippen molar-refractivity contribution < 1.29 is 17.9 Å². The van der Waals surface area contributed by atoms with Crippen LogP contribution < -0.4 is 15.2 Å². The number of nitrogens with two attached hydrogens (primary N) is 1. The summed E-state index contributed by atoms with van der Waals surface area (Å²) in [6.07, 6.45) is 1.57. The molecular formula is C13H20Cl2N2O4S. The van der Waals surface area contributed by atoms with Crippen LogP contribution in [0.25, 0.3) is 0 Å². The van der Waals surface area contributed by atoms with E-state index >= 15 is 0 Å². The Labute approximate surface area is 142 Å². The van der Waals surface area contributed by atoms with Crippen molar-refractivity contribution >= 4 is 34.0 Å². The summed E-state index contributed by atoms with van der Waals surface area (Å²) in [6, 6.07) is 2.68. The minimum absolute atomic E-state index is 0. The first-order valence-electron chi connectivity index (χ1n) is 6.57. The second kappa shape index (κ2) is 7.70. The molecule has 22 heavy (non-hydrogen) atoms. The maximum atomic E-state index is 12.7. The number of methoxy groups -OCH3 is 2. The van der Waals surface area contributed by atoms with Gasteiger partial charge in [-0.3, -0.25) is 0 Å². The Hall–Kier alpha value is -0.730. The second-order valence-electron chi connectivity index (χ2n) is 4.90. The van der Waals surface area contributed by atoms with Crippen molar-refractivity contribution in [1.29, 1.82) is 0 Å². The molecule has 0 spiro atoms. The van der Waals surface area contributed by atoms with Gasteiger partial charge in [-0.1, -0.05) is 11.6 Å². The largest absolute Gasteiger partial charge is 0.493 e. The summed E-state index contributed by atoms with van der Waals surface area (Å²) in [6.45, 7) is 0.744. The lowest BCUT2D eigenvalue weighted by Crippen LogP contribution is -2.45. The zero-order chi connectivity index (χ0) is 15.6. The van der Waals surface area contributed by atoms with Crippen LogP contribution >= 0.6 is 24.0 Å².